The van der Waals surface area contributed by atoms with Crippen molar-refractivity contribution in [3.63, 3.8) is 0 Å². The lowest BCUT2D eigenvalue weighted by Gasteiger charge is -2.20. The molecule has 112 valence electrons. The number of aliphatic carboxylic acids is 1. The van der Waals surface area contributed by atoms with Crippen LogP contribution in [0.1, 0.15) is 38.1 Å². The van der Waals surface area contributed by atoms with E-state index in [0.717, 1.165) is 5.01 Å². The first-order valence-electron chi connectivity index (χ1n) is 6.62. The Hall–Kier alpha value is -1.63. The summed E-state index contributed by atoms with van der Waals surface area (Å²) in [7, 11) is 0. The Bertz CT molecular complexity index is 436. The summed E-state index contributed by atoms with van der Waals surface area (Å²) in [5, 5.41) is 17.1. The van der Waals surface area contributed by atoms with Gasteiger partial charge in [-0.25, -0.2) is 14.6 Å². The molecule has 0 spiro atoms. The molecule has 1 unspecified atom stereocenters. The molecule has 3 N–H and O–H groups in total. The second-order valence-corrected chi connectivity index (χ2v) is 5.75. The average molecular weight is 299 g/mol. The molecule has 0 saturated carbocycles. The molecule has 0 aliphatic carbocycles. The second kappa shape index (κ2) is 7.84. The SMILES string of the molecule is CC[C@H](C)[C@H](NC(=O)NCC(C)c1nccs1)C(=O)O. The van der Waals surface area contributed by atoms with Crippen molar-refractivity contribution in [1.29, 1.82) is 0 Å². The average Bonchev–Trinajstić information content (AvgIpc) is 2.95. The van der Waals surface area contributed by atoms with E-state index in [0.29, 0.717) is 13.0 Å². The van der Waals surface area contributed by atoms with Gasteiger partial charge >= 0.3 is 12.0 Å². The molecular formula is C13H21N3O3S. The number of carbonyl (C=O) groups is 2. The molecule has 1 rings (SSSR count). The molecule has 6 nitrogen and oxygen atoms in total. The third-order valence-corrected chi connectivity index (χ3v) is 4.21. The molecule has 0 bridgehead atoms. The van der Waals surface area contributed by atoms with E-state index in [1.807, 2.05) is 19.2 Å². The lowest BCUT2D eigenvalue weighted by molar-refractivity contribution is -0.140. The standard InChI is InChI=1S/C13H21N3O3S/c1-4-8(2)10(12(17)18)16-13(19)15-7-9(3)11-14-5-6-20-11/h5-6,8-10H,4,7H2,1-3H3,(H,17,18)(H2,15,16,19)/t8-,9?,10-/m0/s1. The number of carbonyl (C=O) groups excluding carboxylic acids is 1. The number of thiazole rings is 1. The van der Waals surface area contributed by atoms with E-state index in [1.54, 1.807) is 13.1 Å². The minimum Gasteiger partial charge on any atom is -0.480 e. The first-order valence-corrected chi connectivity index (χ1v) is 7.50. The van der Waals surface area contributed by atoms with E-state index in [9.17, 15) is 9.59 Å². The van der Waals surface area contributed by atoms with Gasteiger partial charge in [-0.2, -0.15) is 0 Å². The van der Waals surface area contributed by atoms with Gasteiger partial charge < -0.3 is 15.7 Å². The van der Waals surface area contributed by atoms with Gasteiger partial charge in [-0.15, -0.1) is 11.3 Å². The summed E-state index contributed by atoms with van der Waals surface area (Å²) in [6, 6.07) is -1.32. The number of nitrogens with zero attached hydrogens (tertiary/aromatic N) is 1. The summed E-state index contributed by atoms with van der Waals surface area (Å²) >= 11 is 1.53. The van der Waals surface area contributed by atoms with Crippen LogP contribution >= 0.6 is 11.3 Å². The molecule has 0 radical (unpaired) electrons. The van der Waals surface area contributed by atoms with Gasteiger partial charge in [0.2, 0.25) is 0 Å². The fourth-order valence-corrected chi connectivity index (χ4v) is 2.38. The molecule has 0 aromatic carbocycles. The maximum Gasteiger partial charge on any atom is 0.326 e. The van der Waals surface area contributed by atoms with E-state index >= 15 is 0 Å². The number of carboxylic acids is 1. The van der Waals surface area contributed by atoms with E-state index in [1.165, 1.54) is 11.3 Å². The van der Waals surface area contributed by atoms with Gasteiger partial charge in [-0.3, -0.25) is 0 Å². The molecular weight excluding hydrogens is 278 g/mol. The van der Waals surface area contributed by atoms with Crippen LogP contribution in [0.15, 0.2) is 11.6 Å². The zero-order chi connectivity index (χ0) is 15.1. The zero-order valence-electron chi connectivity index (χ0n) is 11.9. The number of carboxylic acid groups (broad SMARTS) is 1. The first-order chi connectivity index (χ1) is 9.45. The monoisotopic (exact) mass is 299 g/mol. The van der Waals surface area contributed by atoms with Crippen LogP contribution in [0.25, 0.3) is 0 Å². The lowest BCUT2D eigenvalue weighted by atomic mass is 9.99. The Morgan fingerprint density at radius 2 is 2.15 bits per heavy atom. The number of hydrogen-bond donors (Lipinski definition) is 3. The third-order valence-electron chi connectivity index (χ3n) is 3.21. The molecule has 0 aliphatic rings. The number of urea groups is 1. The van der Waals surface area contributed by atoms with Gasteiger partial charge in [-0.1, -0.05) is 27.2 Å². The highest BCUT2D eigenvalue weighted by Gasteiger charge is 2.25. The van der Waals surface area contributed by atoms with Gasteiger partial charge in [0.1, 0.15) is 6.04 Å². The van der Waals surface area contributed by atoms with E-state index in [-0.39, 0.29) is 11.8 Å². The van der Waals surface area contributed by atoms with Crippen molar-refractivity contribution in [1.82, 2.24) is 15.6 Å². The molecule has 7 heteroatoms. The summed E-state index contributed by atoms with van der Waals surface area (Å²) in [5.74, 6) is -1.02. The predicted molar refractivity (Wildman–Crippen MR) is 77.9 cm³/mol. The Morgan fingerprint density at radius 1 is 1.45 bits per heavy atom. The maximum absolute atomic E-state index is 11.7. The Kier molecular flexibility index (Phi) is 6.44. The van der Waals surface area contributed by atoms with Crippen molar-refractivity contribution >= 4 is 23.3 Å². The third kappa shape index (κ3) is 4.80. The molecule has 0 saturated heterocycles. The van der Waals surface area contributed by atoms with E-state index < -0.39 is 18.0 Å². The van der Waals surface area contributed by atoms with Crippen LogP contribution in [0, 0.1) is 5.92 Å². The number of amides is 2. The van der Waals surface area contributed by atoms with Crippen LogP contribution in [-0.4, -0.2) is 34.7 Å². The van der Waals surface area contributed by atoms with E-state index in [2.05, 4.69) is 15.6 Å². The number of hydrogen-bond acceptors (Lipinski definition) is 4. The summed E-state index contributed by atoms with van der Waals surface area (Å²) in [5.41, 5.74) is 0. The highest BCUT2D eigenvalue weighted by molar-refractivity contribution is 7.09. The minimum absolute atomic E-state index is 0.104. The maximum atomic E-state index is 11.7. The predicted octanol–water partition coefficient (Wildman–Crippen LogP) is 2.05. The molecule has 2 amide bonds. The Balaban J connectivity index is 2.44. The zero-order valence-corrected chi connectivity index (χ0v) is 12.7. The highest BCUT2D eigenvalue weighted by Crippen LogP contribution is 2.16. The van der Waals surface area contributed by atoms with Crippen molar-refractivity contribution in [2.45, 2.75) is 39.2 Å². The van der Waals surface area contributed by atoms with Crippen LogP contribution in [0.5, 0.6) is 0 Å². The van der Waals surface area contributed by atoms with Gasteiger partial charge in [-0.05, 0) is 5.92 Å². The summed E-state index contributed by atoms with van der Waals surface area (Å²) in [6.45, 7) is 6.08. The molecule has 0 aliphatic heterocycles. The molecule has 3 atom stereocenters. The highest BCUT2D eigenvalue weighted by atomic mass is 32.1. The van der Waals surface area contributed by atoms with Crippen LogP contribution in [0.3, 0.4) is 0 Å². The van der Waals surface area contributed by atoms with Crippen molar-refractivity contribution < 1.29 is 14.7 Å². The van der Waals surface area contributed by atoms with Crippen molar-refractivity contribution in [2.24, 2.45) is 5.92 Å². The normalized spacial score (nSPS) is 15.2. The fraction of sp³-hybridized carbons (Fsp3) is 0.615. The van der Waals surface area contributed by atoms with Gasteiger partial charge in [0, 0.05) is 24.0 Å². The van der Waals surface area contributed by atoms with Crippen LogP contribution in [0.4, 0.5) is 4.79 Å². The van der Waals surface area contributed by atoms with Crippen molar-refractivity contribution in [2.75, 3.05) is 6.54 Å². The molecule has 1 aromatic heterocycles. The number of nitrogens with one attached hydrogen (secondary N) is 2. The van der Waals surface area contributed by atoms with Crippen molar-refractivity contribution in [3.8, 4) is 0 Å². The molecule has 1 aromatic rings. The quantitative estimate of drug-likeness (QED) is 0.718. The van der Waals surface area contributed by atoms with Crippen LogP contribution in [0.2, 0.25) is 0 Å². The van der Waals surface area contributed by atoms with Crippen LogP contribution in [-0.2, 0) is 4.79 Å². The van der Waals surface area contributed by atoms with E-state index in [4.69, 9.17) is 5.11 Å². The van der Waals surface area contributed by atoms with Crippen molar-refractivity contribution in [3.05, 3.63) is 16.6 Å². The van der Waals surface area contributed by atoms with Gasteiger partial charge in [0.25, 0.3) is 0 Å². The molecule has 20 heavy (non-hydrogen) atoms. The topological polar surface area (TPSA) is 91.3 Å². The summed E-state index contributed by atoms with van der Waals surface area (Å²) < 4.78 is 0. The van der Waals surface area contributed by atoms with Gasteiger partial charge in [0.15, 0.2) is 0 Å². The van der Waals surface area contributed by atoms with Gasteiger partial charge in [0.05, 0.1) is 5.01 Å². The largest absolute Gasteiger partial charge is 0.480 e. The lowest BCUT2D eigenvalue weighted by Crippen LogP contribution is -2.49. The first kappa shape index (κ1) is 16.4. The smallest absolute Gasteiger partial charge is 0.326 e. The Labute approximate surface area is 122 Å². The molecule has 0 fully saturated rings. The minimum atomic E-state index is -1.01. The summed E-state index contributed by atoms with van der Waals surface area (Å²) in [6.07, 6.45) is 2.41. The van der Waals surface area contributed by atoms with Crippen LogP contribution < -0.4 is 10.6 Å². The number of aromatic nitrogens is 1. The number of rotatable bonds is 7. The molecule has 1 heterocycles. The summed E-state index contributed by atoms with van der Waals surface area (Å²) in [4.78, 5) is 27.0. The second-order valence-electron chi connectivity index (χ2n) is 4.83. The fourth-order valence-electron chi connectivity index (χ4n) is 1.69. The Morgan fingerprint density at radius 3 is 2.65 bits per heavy atom.